The third kappa shape index (κ3) is 2.78. The molecule has 0 spiro atoms. The summed E-state index contributed by atoms with van der Waals surface area (Å²) in [7, 11) is 1.89. The molecule has 0 atom stereocenters. The molecule has 0 bridgehead atoms. The average molecular weight is 334 g/mol. The van der Waals surface area contributed by atoms with Crippen molar-refractivity contribution in [2.45, 2.75) is 13.5 Å². The minimum absolute atomic E-state index is 0.506. The van der Waals surface area contributed by atoms with E-state index in [1.807, 2.05) is 42.9 Å². The van der Waals surface area contributed by atoms with Gasteiger partial charge in [-0.05, 0) is 18.6 Å². The number of aromatic nitrogens is 6. The van der Waals surface area contributed by atoms with Crippen LogP contribution < -0.4 is 11.1 Å². The largest absolute Gasteiger partial charge is 0.398 e. The average Bonchev–Trinajstić information content (AvgIpc) is 3.15. The number of anilines is 3. The number of rotatable bonds is 4. The summed E-state index contributed by atoms with van der Waals surface area (Å²) in [5, 5.41) is 12.7. The van der Waals surface area contributed by atoms with Gasteiger partial charge < -0.3 is 11.1 Å². The molecule has 0 unspecified atom stereocenters. The maximum Gasteiger partial charge on any atom is 0.229 e. The molecule has 3 N–H and O–H groups in total. The lowest BCUT2D eigenvalue weighted by Crippen LogP contribution is -2.06. The first-order chi connectivity index (χ1) is 12.1. The zero-order valence-corrected chi connectivity index (χ0v) is 14.0. The first-order valence-electron chi connectivity index (χ1n) is 7.89. The van der Waals surface area contributed by atoms with Gasteiger partial charge in [0, 0.05) is 18.9 Å². The van der Waals surface area contributed by atoms with Crippen molar-refractivity contribution in [2.75, 3.05) is 11.1 Å². The highest BCUT2D eigenvalue weighted by Gasteiger charge is 2.10. The third-order valence-corrected chi connectivity index (χ3v) is 4.23. The zero-order chi connectivity index (χ0) is 17.4. The first kappa shape index (κ1) is 15.1. The normalized spacial score (nSPS) is 11.1. The molecule has 3 heterocycles. The lowest BCUT2D eigenvalue weighted by Gasteiger charge is -2.07. The molecule has 0 radical (unpaired) electrons. The van der Waals surface area contributed by atoms with Crippen molar-refractivity contribution in [3.63, 3.8) is 0 Å². The molecule has 4 rings (SSSR count). The molecule has 0 amide bonds. The van der Waals surface area contributed by atoms with Crippen molar-refractivity contribution in [2.24, 2.45) is 7.05 Å². The molecule has 4 aromatic rings. The van der Waals surface area contributed by atoms with E-state index >= 15 is 0 Å². The second-order valence-corrected chi connectivity index (χ2v) is 5.87. The minimum atomic E-state index is 0.506. The Morgan fingerprint density at radius 2 is 1.96 bits per heavy atom. The molecule has 8 nitrogen and oxygen atoms in total. The number of hydrogen-bond acceptors (Lipinski definition) is 6. The van der Waals surface area contributed by atoms with Crippen LogP contribution in [0.15, 0.2) is 42.9 Å². The number of fused-ring (bicyclic) bond motifs is 1. The molecule has 0 aliphatic rings. The number of nitrogens with one attached hydrogen (secondary N) is 1. The lowest BCUT2D eigenvalue weighted by molar-refractivity contribution is 0.705. The molecule has 0 aliphatic heterocycles. The Labute approximate surface area is 144 Å². The maximum absolute atomic E-state index is 6.04. The van der Waals surface area contributed by atoms with E-state index in [2.05, 4.69) is 25.5 Å². The van der Waals surface area contributed by atoms with Gasteiger partial charge >= 0.3 is 0 Å². The Morgan fingerprint density at radius 3 is 2.72 bits per heavy atom. The van der Waals surface area contributed by atoms with Gasteiger partial charge in [-0.15, -0.1) is 0 Å². The molecule has 25 heavy (non-hydrogen) atoms. The fraction of sp³-hybridized carbons (Fsp3) is 0.176. The van der Waals surface area contributed by atoms with Gasteiger partial charge in [0.2, 0.25) is 5.95 Å². The summed E-state index contributed by atoms with van der Waals surface area (Å²) < 4.78 is 3.62. The predicted molar refractivity (Wildman–Crippen MR) is 96.5 cm³/mol. The van der Waals surface area contributed by atoms with Crippen LogP contribution in [0.3, 0.4) is 0 Å². The molecule has 0 aliphatic carbocycles. The molecule has 3 aromatic heterocycles. The second-order valence-electron chi connectivity index (χ2n) is 5.87. The number of nitrogens with zero attached hydrogens (tertiary/aromatic N) is 6. The summed E-state index contributed by atoms with van der Waals surface area (Å²) in [5.74, 6) is 0.506. The molecule has 0 saturated heterocycles. The predicted octanol–water partition coefficient (Wildman–Crippen LogP) is 2.24. The number of hydrogen-bond donors (Lipinski definition) is 2. The van der Waals surface area contributed by atoms with E-state index in [1.165, 1.54) is 0 Å². The van der Waals surface area contributed by atoms with Crippen LogP contribution in [0.25, 0.3) is 11.0 Å². The van der Waals surface area contributed by atoms with Crippen LogP contribution in [0.5, 0.6) is 0 Å². The van der Waals surface area contributed by atoms with Crippen molar-refractivity contribution < 1.29 is 0 Å². The standard InChI is InChI=1S/C17H18N8/c1-11-15(9-20-24(11)2)22-17-19-7-13-8-21-25(16(13)23-17)10-12-5-3-4-6-14(12)18/h3-9H,10,18H2,1-2H3,(H,19,22,23). The van der Waals surface area contributed by atoms with E-state index < -0.39 is 0 Å². The van der Waals surface area contributed by atoms with E-state index in [1.54, 1.807) is 23.3 Å². The SMILES string of the molecule is Cc1c(Nc2ncc3cnn(Cc4ccccc4N)c3n2)cnn1C. The summed E-state index contributed by atoms with van der Waals surface area (Å²) in [5.41, 5.74) is 10.4. The Hall–Kier alpha value is -3.42. The Kier molecular flexibility index (Phi) is 3.57. The van der Waals surface area contributed by atoms with Gasteiger partial charge in [-0.1, -0.05) is 18.2 Å². The quantitative estimate of drug-likeness (QED) is 0.555. The van der Waals surface area contributed by atoms with Crippen LogP contribution in [-0.2, 0) is 13.6 Å². The van der Waals surface area contributed by atoms with E-state index in [-0.39, 0.29) is 0 Å². The fourth-order valence-corrected chi connectivity index (χ4v) is 2.62. The molecule has 126 valence electrons. The van der Waals surface area contributed by atoms with Crippen molar-refractivity contribution in [3.05, 3.63) is 54.1 Å². The van der Waals surface area contributed by atoms with Gasteiger partial charge in [-0.25, -0.2) is 9.67 Å². The zero-order valence-electron chi connectivity index (χ0n) is 14.0. The van der Waals surface area contributed by atoms with Gasteiger partial charge in [-0.2, -0.15) is 15.2 Å². The molecule has 0 saturated carbocycles. The topological polar surface area (TPSA) is 99.5 Å². The highest BCUT2D eigenvalue weighted by atomic mass is 15.3. The monoisotopic (exact) mass is 334 g/mol. The van der Waals surface area contributed by atoms with Crippen molar-refractivity contribution >= 4 is 28.4 Å². The Morgan fingerprint density at radius 1 is 1.12 bits per heavy atom. The maximum atomic E-state index is 6.04. The molecular formula is C17H18N8. The van der Waals surface area contributed by atoms with Crippen LogP contribution in [0.1, 0.15) is 11.3 Å². The van der Waals surface area contributed by atoms with Crippen molar-refractivity contribution in [1.82, 2.24) is 29.5 Å². The smallest absolute Gasteiger partial charge is 0.229 e. The summed E-state index contributed by atoms with van der Waals surface area (Å²) >= 11 is 0. The summed E-state index contributed by atoms with van der Waals surface area (Å²) in [6.45, 7) is 2.54. The van der Waals surface area contributed by atoms with Crippen LogP contribution >= 0.6 is 0 Å². The number of benzene rings is 1. The van der Waals surface area contributed by atoms with Crippen LogP contribution in [0, 0.1) is 6.92 Å². The summed E-state index contributed by atoms with van der Waals surface area (Å²) in [4.78, 5) is 8.96. The van der Waals surface area contributed by atoms with Gasteiger partial charge in [0.25, 0.3) is 0 Å². The number of para-hydroxylation sites is 1. The number of aryl methyl sites for hydroxylation is 1. The van der Waals surface area contributed by atoms with E-state index in [9.17, 15) is 0 Å². The van der Waals surface area contributed by atoms with Gasteiger partial charge in [0.1, 0.15) is 0 Å². The lowest BCUT2D eigenvalue weighted by atomic mass is 10.2. The van der Waals surface area contributed by atoms with E-state index in [4.69, 9.17) is 5.73 Å². The number of nitrogen functional groups attached to an aromatic ring is 1. The van der Waals surface area contributed by atoms with Crippen molar-refractivity contribution in [1.29, 1.82) is 0 Å². The van der Waals surface area contributed by atoms with Crippen molar-refractivity contribution in [3.8, 4) is 0 Å². The Bertz CT molecular complexity index is 1050. The van der Waals surface area contributed by atoms with E-state index in [0.717, 1.165) is 33.7 Å². The summed E-state index contributed by atoms with van der Waals surface area (Å²) in [6.07, 6.45) is 5.27. The first-order valence-corrected chi connectivity index (χ1v) is 7.89. The molecular weight excluding hydrogens is 316 g/mol. The number of nitrogens with two attached hydrogens (primary N) is 1. The molecule has 1 aromatic carbocycles. The molecule has 8 heteroatoms. The fourth-order valence-electron chi connectivity index (χ4n) is 2.62. The summed E-state index contributed by atoms with van der Waals surface area (Å²) in [6, 6.07) is 7.75. The van der Waals surface area contributed by atoms with Crippen LogP contribution in [0.4, 0.5) is 17.3 Å². The van der Waals surface area contributed by atoms with Crippen LogP contribution in [0.2, 0.25) is 0 Å². The van der Waals surface area contributed by atoms with Crippen LogP contribution in [-0.4, -0.2) is 29.5 Å². The van der Waals surface area contributed by atoms with Gasteiger partial charge in [0.15, 0.2) is 5.65 Å². The van der Waals surface area contributed by atoms with Gasteiger partial charge in [-0.3, -0.25) is 4.68 Å². The minimum Gasteiger partial charge on any atom is -0.398 e. The highest BCUT2D eigenvalue weighted by Crippen LogP contribution is 2.20. The second kappa shape index (κ2) is 5.90. The van der Waals surface area contributed by atoms with E-state index in [0.29, 0.717) is 12.5 Å². The Balaban J connectivity index is 1.68. The third-order valence-electron chi connectivity index (χ3n) is 4.23. The highest BCUT2D eigenvalue weighted by molar-refractivity contribution is 5.75. The van der Waals surface area contributed by atoms with Gasteiger partial charge in [0.05, 0.1) is 35.7 Å². The molecule has 0 fully saturated rings.